The number of nitrogens with one attached hydrogen (secondary N) is 1. The first-order valence-corrected chi connectivity index (χ1v) is 9.56. The van der Waals surface area contributed by atoms with Crippen molar-refractivity contribution in [2.45, 2.75) is 20.0 Å². The van der Waals surface area contributed by atoms with Crippen LogP contribution in [0.2, 0.25) is 0 Å². The fraction of sp³-hybridized carbons (Fsp3) is 0.167. The minimum Gasteiger partial charge on any atom is -0.496 e. The Morgan fingerprint density at radius 3 is 2.52 bits per heavy atom. The Balaban J connectivity index is 1.63. The number of rotatable bonds is 6. The van der Waals surface area contributed by atoms with Crippen LogP contribution >= 0.6 is 0 Å². The molecule has 4 aromatic rings. The number of aromatic nitrogens is 2. The standard InChI is InChI=1S/C24H23N3O2/c1-17-11-13-18(14-12-17)24(28)25-15-23-26-20-8-4-5-9-21(20)27(23)16-19-7-3-6-10-22(19)29-2/h3-14H,15-16H2,1-2H3,(H,25,28). The molecule has 3 aromatic carbocycles. The first-order valence-electron chi connectivity index (χ1n) is 9.56. The van der Waals surface area contributed by atoms with Crippen LogP contribution in [0.4, 0.5) is 0 Å². The van der Waals surface area contributed by atoms with Crippen molar-refractivity contribution in [2.24, 2.45) is 0 Å². The van der Waals surface area contributed by atoms with Crippen LogP contribution in [0.15, 0.2) is 72.8 Å². The number of aryl methyl sites for hydroxylation is 1. The highest BCUT2D eigenvalue weighted by Crippen LogP contribution is 2.23. The molecule has 146 valence electrons. The zero-order chi connectivity index (χ0) is 20.2. The van der Waals surface area contributed by atoms with Crippen LogP contribution in [0, 0.1) is 6.92 Å². The monoisotopic (exact) mass is 385 g/mol. The number of methoxy groups -OCH3 is 1. The SMILES string of the molecule is COc1ccccc1Cn1c(CNC(=O)c2ccc(C)cc2)nc2ccccc21. The van der Waals surface area contributed by atoms with E-state index in [1.54, 1.807) is 7.11 Å². The summed E-state index contributed by atoms with van der Waals surface area (Å²) in [4.78, 5) is 17.3. The van der Waals surface area contributed by atoms with E-state index in [2.05, 4.69) is 9.88 Å². The van der Waals surface area contributed by atoms with Gasteiger partial charge in [-0.2, -0.15) is 0 Å². The highest BCUT2D eigenvalue weighted by atomic mass is 16.5. The molecule has 0 aliphatic carbocycles. The van der Waals surface area contributed by atoms with Crippen molar-refractivity contribution in [2.75, 3.05) is 7.11 Å². The Morgan fingerprint density at radius 2 is 1.72 bits per heavy atom. The molecule has 0 atom stereocenters. The maximum absolute atomic E-state index is 12.5. The maximum Gasteiger partial charge on any atom is 0.251 e. The van der Waals surface area contributed by atoms with Gasteiger partial charge in [0.2, 0.25) is 0 Å². The molecule has 1 heterocycles. The third-order valence-electron chi connectivity index (χ3n) is 4.98. The van der Waals surface area contributed by atoms with Gasteiger partial charge in [-0.05, 0) is 37.3 Å². The first-order chi connectivity index (χ1) is 14.2. The fourth-order valence-corrected chi connectivity index (χ4v) is 3.41. The average molecular weight is 385 g/mol. The lowest BCUT2D eigenvalue weighted by atomic mass is 10.1. The van der Waals surface area contributed by atoms with Crippen molar-refractivity contribution < 1.29 is 9.53 Å². The van der Waals surface area contributed by atoms with Crippen LogP contribution in [0.5, 0.6) is 5.75 Å². The van der Waals surface area contributed by atoms with Gasteiger partial charge in [-0.15, -0.1) is 0 Å². The van der Waals surface area contributed by atoms with E-state index < -0.39 is 0 Å². The van der Waals surface area contributed by atoms with Crippen molar-refractivity contribution in [3.8, 4) is 5.75 Å². The normalized spacial score (nSPS) is 10.8. The summed E-state index contributed by atoms with van der Waals surface area (Å²) in [5, 5.41) is 3.00. The summed E-state index contributed by atoms with van der Waals surface area (Å²) in [7, 11) is 1.67. The second kappa shape index (κ2) is 8.19. The summed E-state index contributed by atoms with van der Waals surface area (Å²) in [6, 6.07) is 23.5. The van der Waals surface area contributed by atoms with E-state index in [1.165, 1.54) is 0 Å². The Hall–Kier alpha value is -3.60. The molecule has 1 aromatic heterocycles. The van der Waals surface area contributed by atoms with Crippen LogP contribution in [0.25, 0.3) is 11.0 Å². The van der Waals surface area contributed by atoms with Crippen molar-refractivity contribution >= 4 is 16.9 Å². The number of hydrogen-bond donors (Lipinski definition) is 1. The summed E-state index contributed by atoms with van der Waals surface area (Å²) in [5.74, 6) is 1.53. The number of imidazole rings is 1. The molecular weight excluding hydrogens is 362 g/mol. The van der Waals surface area contributed by atoms with E-state index in [9.17, 15) is 4.79 Å². The van der Waals surface area contributed by atoms with Crippen molar-refractivity contribution in [3.05, 3.63) is 95.3 Å². The molecular formula is C24H23N3O2. The first kappa shape index (κ1) is 18.7. The van der Waals surface area contributed by atoms with Gasteiger partial charge in [-0.3, -0.25) is 4.79 Å². The maximum atomic E-state index is 12.5. The minimum absolute atomic E-state index is 0.110. The van der Waals surface area contributed by atoms with Gasteiger partial charge in [0.05, 0.1) is 31.2 Å². The lowest BCUT2D eigenvalue weighted by Crippen LogP contribution is -2.25. The molecule has 5 heteroatoms. The van der Waals surface area contributed by atoms with Gasteiger partial charge in [-0.1, -0.05) is 48.0 Å². The van der Waals surface area contributed by atoms with E-state index >= 15 is 0 Å². The second-order valence-electron chi connectivity index (χ2n) is 6.96. The molecule has 0 unspecified atom stereocenters. The van der Waals surface area contributed by atoms with Crippen LogP contribution in [-0.4, -0.2) is 22.6 Å². The number of carbonyl (C=O) groups is 1. The molecule has 0 spiro atoms. The molecule has 0 radical (unpaired) electrons. The van der Waals surface area contributed by atoms with E-state index in [0.717, 1.165) is 33.7 Å². The number of benzene rings is 3. The molecule has 5 nitrogen and oxygen atoms in total. The van der Waals surface area contributed by atoms with E-state index in [4.69, 9.17) is 9.72 Å². The highest BCUT2D eigenvalue weighted by Gasteiger charge is 2.14. The zero-order valence-corrected chi connectivity index (χ0v) is 16.6. The predicted molar refractivity (Wildman–Crippen MR) is 114 cm³/mol. The molecule has 0 bridgehead atoms. The number of nitrogens with zero attached hydrogens (tertiary/aromatic N) is 2. The van der Waals surface area contributed by atoms with E-state index in [1.807, 2.05) is 79.7 Å². The largest absolute Gasteiger partial charge is 0.496 e. The molecule has 0 saturated heterocycles. The Kier molecular flexibility index (Phi) is 5.29. The molecule has 0 saturated carbocycles. The van der Waals surface area contributed by atoms with Crippen LogP contribution in [0.3, 0.4) is 0 Å². The quantitative estimate of drug-likeness (QED) is 0.537. The fourth-order valence-electron chi connectivity index (χ4n) is 3.41. The van der Waals surface area contributed by atoms with Crippen LogP contribution < -0.4 is 10.1 Å². The summed E-state index contributed by atoms with van der Waals surface area (Å²) < 4.78 is 7.64. The number of ether oxygens (including phenoxy) is 1. The predicted octanol–water partition coefficient (Wildman–Crippen LogP) is 4.33. The van der Waals surface area contributed by atoms with Gasteiger partial charge in [0.15, 0.2) is 0 Å². The summed E-state index contributed by atoms with van der Waals surface area (Å²) in [6.45, 7) is 2.96. The average Bonchev–Trinajstić information content (AvgIpc) is 3.10. The zero-order valence-electron chi connectivity index (χ0n) is 16.6. The summed E-state index contributed by atoms with van der Waals surface area (Å²) >= 11 is 0. The lowest BCUT2D eigenvalue weighted by molar-refractivity contribution is 0.0949. The molecule has 0 aliphatic rings. The third-order valence-corrected chi connectivity index (χ3v) is 4.98. The smallest absolute Gasteiger partial charge is 0.251 e. The molecule has 0 fully saturated rings. The summed E-state index contributed by atoms with van der Waals surface area (Å²) in [5.41, 5.74) is 4.76. The van der Waals surface area contributed by atoms with Gasteiger partial charge in [0, 0.05) is 11.1 Å². The van der Waals surface area contributed by atoms with Crippen molar-refractivity contribution in [1.29, 1.82) is 0 Å². The number of para-hydroxylation sites is 3. The number of fused-ring (bicyclic) bond motifs is 1. The van der Waals surface area contributed by atoms with Crippen LogP contribution in [-0.2, 0) is 13.1 Å². The Labute approximate surface area is 170 Å². The lowest BCUT2D eigenvalue weighted by Gasteiger charge is -2.13. The topological polar surface area (TPSA) is 56.1 Å². The van der Waals surface area contributed by atoms with Gasteiger partial charge < -0.3 is 14.6 Å². The molecule has 0 aliphatic heterocycles. The van der Waals surface area contributed by atoms with Gasteiger partial charge in [0.1, 0.15) is 11.6 Å². The van der Waals surface area contributed by atoms with Crippen LogP contribution in [0.1, 0.15) is 27.3 Å². The number of hydrogen-bond acceptors (Lipinski definition) is 3. The third kappa shape index (κ3) is 3.99. The Bertz CT molecular complexity index is 1150. The summed E-state index contributed by atoms with van der Waals surface area (Å²) in [6.07, 6.45) is 0. The van der Waals surface area contributed by atoms with Gasteiger partial charge in [-0.25, -0.2) is 4.98 Å². The van der Waals surface area contributed by atoms with Gasteiger partial charge in [0.25, 0.3) is 5.91 Å². The van der Waals surface area contributed by atoms with Crippen molar-refractivity contribution in [1.82, 2.24) is 14.9 Å². The van der Waals surface area contributed by atoms with E-state index in [-0.39, 0.29) is 5.91 Å². The minimum atomic E-state index is -0.110. The second-order valence-corrected chi connectivity index (χ2v) is 6.96. The number of amides is 1. The molecule has 4 rings (SSSR count). The van der Waals surface area contributed by atoms with Gasteiger partial charge >= 0.3 is 0 Å². The Morgan fingerprint density at radius 1 is 1.00 bits per heavy atom. The number of carbonyl (C=O) groups excluding carboxylic acids is 1. The molecule has 1 N–H and O–H groups in total. The molecule has 1 amide bonds. The molecule has 29 heavy (non-hydrogen) atoms. The van der Waals surface area contributed by atoms with Crippen molar-refractivity contribution in [3.63, 3.8) is 0 Å². The van der Waals surface area contributed by atoms with E-state index in [0.29, 0.717) is 18.7 Å². The highest BCUT2D eigenvalue weighted by molar-refractivity contribution is 5.94.